The Bertz CT molecular complexity index is 562. The van der Waals surface area contributed by atoms with Crippen LogP contribution in [-0.4, -0.2) is 32.5 Å². The molecule has 1 aromatic carbocycles. The van der Waals surface area contributed by atoms with Crippen molar-refractivity contribution < 1.29 is 8.42 Å². The van der Waals surface area contributed by atoms with Crippen molar-refractivity contribution in [2.45, 2.75) is 31.4 Å². The Kier molecular flexibility index (Phi) is 4.23. The third kappa shape index (κ3) is 2.28. The molecule has 0 saturated heterocycles. The van der Waals surface area contributed by atoms with Crippen molar-refractivity contribution in [1.29, 1.82) is 0 Å². The van der Waals surface area contributed by atoms with Gasteiger partial charge in [0.2, 0.25) is 0 Å². The fourth-order valence-electron chi connectivity index (χ4n) is 3.23. The zero-order chi connectivity index (χ0) is 15.0. The van der Waals surface area contributed by atoms with Crippen molar-refractivity contribution in [2.75, 3.05) is 18.8 Å². The second-order valence-electron chi connectivity index (χ2n) is 5.59. The van der Waals surface area contributed by atoms with Gasteiger partial charge in [-0.2, -0.15) is 0 Å². The highest BCUT2D eigenvalue weighted by molar-refractivity contribution is 7.92. The molecule has 0 amide bonds. The summed E-state index contributed by atoms with van der Waals surface area (Å²) < 4.78 is 24.6. The zero-order valence-corrected chi connectivity index (χ0v) is 13.0. The molecule has 0 aliphatic heterocycles. The molecule has 0 bridgehead atoms. The molecule has 1 fully saturated rings. The first-order valence-corrected chi connectivity index (χ1v) is 8.89. The molecule has 4 N–H and O–H groups in total. The van der Waals surface area contributed by atoms with E-state index < -0.39 is 20.5 Å². The minimum absolute atomic E-state index is 0.0617. The second kappa shape index (κ2) is 5.47. The van der Waals surface area contributed by atoms with Crippen LogP contribution in [0.5, 0.6) is 0 Å². The van der Waals surface area contributed by atoms with E-state index in [0.29, 0.717) is 13.1 Å². The van der Waals surface area contributed by atoms with Crippen LogP contribution in [0.2, 0.25) is 0 Å². The summed E-state index contributed by atoms with van der Waals surface area (Å²) in [5, 5.41) is -0.428. The molecule has 5 heteroatoms. The van der Waals surface area contributed by atoms with Gasteiger partial charge in [-0.3, -0.25) is 0 Å². The van der Waals surface area contributed by atoms with Crippen LogP contribution in [0.3, 0.4) is 0 Å². The Morgan fingerprint density at radius 1 is 1.10 bits per heavy atom. The molecular formula is C15H24N2O2S. The van der Waals surface area contributed by atoms with Gasteiger partial charge in [0.15, 0.2) is 9.84 Å². The number of aryl methyl sites for hydroxylation is 1. The summed E-state index contributed by atoms with van der Waals surface area (Å²) in [5.41, 5.74) is 13.5. The van der Waals surface area contributed by atoms with Gasteiger partial charge in [0.05, 0.1) is 5.25 Å². The first-order valence-electron chi connectivity index (χ1n) is 7.17. The van der Waals surface area contributed by atoms with Gasteiger partial charge in [0, 0.05) is 30.2 Å². The molecular weight excluding hydrogens is 272 g/mol. The summed E-state index contributed by atoms with van der Waals surface area (Å²) in [6.07, 6.45) is 0.973. The fourth-order valence-corrected chi connectivity index (χ4v) is 5.41. The average molecular weight is 296 g/mol. The number of nitrogens with two attached hydrogens (primary N) is 2. The second-order valence-corrected chi connectivity index (χ2v) is 8.00. The normalized spacial score (nSPS) is 24.6. The van der Waals surface area contributed by atoms with Crippen LogP contribution in [0.1, 0.15) is 30.9 Å². The van der Waals surface area contributed by atoms with Crippen molar-refractivity contribution in [3.8, 4) is 0 Å². The van der Waals surface area contributed by atoms with Crippen LogP contribution in [0, 0.1) is 5.41 Å². The van der Waals surface area contributed by atoms with Gasteiger partial charge in [-0.05, 0) is 17.5 Å². The molecule has 2 atom stereocenters. The van der Waals surface area contributed by atoms with Gasteiger partial charge in [-0.25, -0.2) is 8.42 Å². The first kappa shape index (κ1) is 15.5. The molecule has 1 aliphatic carbocycles. The minimum atomic E-state index is -3.13. The van der Waals surface area contributed by atoms with Gasteiger partial charge >= 0.3 is 0 Å². The van der Waals surface area contributed by atoms with E-state index in [9.17, 15) is 8.42 Å². The average Bonchev–Trinajstić information content (AvgIpc) is 3.18. The number of sulfone groups is 1. The van der Waals surface area contributed by atoms with Crippen molar-refractivity contribution in [3.63, 3.8) is 0 Å². The zero-order valence-electron chi connectivity index (χ0n) is 12.2. The highest BCUT2D eigenvalue weighted by atomic mass is 32.2. The van der Waals surface area contributed by atoms with Gasteiger partial charge in [-0.1, -0.05) is 38.1 Å². The molecule has 0 radical (unpaired) electrons. The standard InChI is InChI=1S/C15H24N2O2S/c1-3-11-5-7-12(8-6-11)13-14(20(18,19)4-2)15(13,9-16)10-17/h5-8,13-14H,3-4,9-10,16-17H2,1-2H3/t13-,14-/m0/s1. The van der Waals surface area contributed by atoms with Gasteiger partial charge < -0.3 is 11.5 Å². The van der Waals surface area contributed by atoms with Crippen LogP contribution in [0.15, 0.2) is 24.3 Å². The SMILES string of the molecule is CCc1ccc([C@H]2[C@H](S(=O)(=O)CC)C2(CN)CN)cc1. The topological polar surface area (TPSA) is 86.2 Å². The molecule has 0 heterocycles. The molecule has 20 heavy (non-hydrogen) atoms. The van der Waals surface area contributed by atoms with Crippen LogP contribution < -0.4 is 11.5 Å². The van der Waals surface area contributed by atoms with E-state index in [4.69, 9.17) is 11.5 Å². The Hall–Kier alpha value is -0.910. The summed E-state index contributed by atoms with van der Waals surface area (Å²) in [7, 11) is -3.13. The van der Waals surface area contributed by atoms with Gasteiger partial charge in [0.1, 0.15) is 0 Å². The monoisotopic (exact) mass is 296 g/mol. The van der Waals surface area contributed by atoms with Crippen LogP contribution >= 0.6 is 0 Å². The Labute approximate surface area is 121 Å². The maximum absolute atomic E-state index is 12.3. The van der Waals surface area contributed by atoms with Crippen LogP contribution in [0.4, 0.5) is 0 Å². The van der Waals surface area contributed by atoms with Crippen molar-refractivity contribution in [1.82, 2.24) is 0 Å². The maximum Gasteiger partial charge on any atom is 0.154 e. The number of hydrogen-bond acceptors (Lipinski definition) is 4. The molecule has 0 unspecified atom stereocenters. The van der Waals surface area contributed by atoms with Gasteiger partial charge in [-0.15, -0.1) is 0 Å². The van der Waals surface area contributed by atoms with E-state index in [-0.39, 0.29) is 11.7 Å². The third-order valence-electron chi connectivity index (χ3n) is 4.68. The third-order valence-corrected chi connectivity index (χ3v) is 7.00. The van der Waals surface area contributed by atoms with Crippen molar-refractivity contribution >= 4 is 9.84 Å². The molecule has 1 aliphatic rings. The minimum Gasteiger partial charge on any atom is -0.330 e. The number of rotatable bonds is 6. The quantitative estimate of drug-likeness (QED) is 0.821. The first-order chi connectivity index (χ1) is 9.46. The smallest absolute Gasteiger partial charge is 0.154 e. The van der Waals surface area contributed by atoms with Gasteiger partial charge in [0.25, 0.3) is 0 Å². The maximum atomic E-state index is 12.3. The summed E-state index contributed by atoms with van der Waals surface area (Å²) in [6, 6.07) is 8.16. The molecule has 1 aromatic rings. The predicted molar refractivity (Wildman–Crippen MR) is 82.4 cm³/mol. The van der Waals surface area contributed by atoms with Crippen LogP contribution in [-0.2, 0) is 16.3 Å². The highest BCUT2D eigenvalue weighted by Crippen LogP contribution is 2.61. The Balaban J connectivity index is 2.38. The van der Waals surface area contributed by atoms with Crippen LogP contribution in [0.25, 0.3) is 0 Å². The number of hydrogen-bond donors (Lipinski definition) is 2. The largest absolute Gasteiger partial charge is 0.330 e. The summed E-state index contributed by atoms with van der Waals surface area (Å²) >= 11 is 0. The molecule has 0 aromatic heterocycles. The molecule has 2 rings (SSSR count). The lowest BCUT2D eigenvalue weighted by Crippen LogP contribution is -2.31. The predicted octanol–water partition coefficient (Wildman–Crippen LogP) is 1.05. The lowest BCUT2D eigenvalue weighted by atomic mass is 9.98. The highest BCUT2D eigenvalue weighted by Gasteiger charge is 2.68. The van der Waals surface area contributed by atoms with E-state index in [2.05, 4.69) is 19.1 Å². The molecule has 0 spiro atoms. The van der Waals surface area contributed by atoms with E-state index in [1.807, 2.05) is 12.1 Å². The van der Waals surface area contributed by atoms with E-state index >= 15 is 0 Å². The Morgan fingerprint density at radius 3 is 2.05 bits per heavy atom. The molecule has 1 saturated carbocycles. The lowest BCUT2D eigenvalue weighted by Gasteiger charge is -2.12. The number of benzene rings is 1. The van der Waals surface area contributed by atoms with Crippen molar-refractivity contribution in [2.24, 2.45) is 16.9 Å². The lowest BCUT2D eigenvalue weighted by molar-refractivity contribution is 0.510. The van der Waals surface area contributed by atoms with Crippen molar-refractivity contribution in [3.05, 3.63) is 35.4 Å². The summed E-state index contributed by atoms with van der Waals surface area (Å²) in [4.78, 5) is 0. The Morgan fingerprint density at radius 2 is 1.65 bits per heavy atom. The van der Waals surface area contributed by atoms with E-state index in [1.54, 1.807) is 6.92 Å². The van der Waals surface area contributed by atoms with E-state index in [1.165, 1.54) is 5.56 Å². The van der Waals surface area contributed by atoms with E-state index in [0.717, 1.165) is 12.0 Å². The summed E-state index contributed by atoms with van der Waals surface area (Å²) in [5.74, 6) is 0.0801. The summed E-state index contributed by atoms with van der Waals surface area (Å²) in [6.45, 7) is 4.41. The molecule has 112 valence electrons. The molecule has 4 nitrogen and oxygen atoms in total. The fraction of sp³-hybridized carbons (Fsp3) is 0.600.